The molecule has 0 saturated carbocycles. The maximum Gasteiger partial charge on any atom is 0.308 e. The Morgan fingerprint density at radius 1 is 0.947 bits per heavy atom. The van der Waals surface area contributed by atoms with E-state index < -0.39 is 0 Å². The zero-order valence-corrected chi connectivity index (χ0v) is 13.7. The van der Waals surface area contributed by atoms with Crippen LogP contribution in [0.2, 0.25) is 0 Å². The fourth-order valence-electron chi connectivity index (χ4n) is 2.44. The zero-order chi connectivity index (χ0) is 14.7. The minimum Gasteiger partial charge on any atom is -0.462 e. The van der Waals surface area contributed by atoms with Crippen LogP contribution in [-0.4, -0.2) is 12.1 Å². The second-order valence-electron chi connectivity index (χ2n) is 5.93. The number of carbonyl (C=O) groups is 1. The average Bonchev–Trinajstić information content (AvgIpc) is 2.39. The van der Waals surface area contributed by atoms with Crippen molar-refractivity contribution in [1.82, 2.24) is 0 Å². The highest BCUT2D eigenvalue weighted by Crippen LogP contribution is 2.20. The smallest absolute Gasteiger partial charge is 0.308 e. The maximum atomic E-state index is 11.8. The molecule has 0 N–H and O–H groups in total. The number of rotatable bonds is 11. The fourth-order valence-corrected chi connectivity index (χ4v) is 2.44. The van der Waals surface area contributed by atoms with Gasteiger partial charge in [-0.1, -0.05) is 59.8 Å². The Labute approximate surface area is 120 Å². The van der Waals surface area contributed by atoms with Crippen LogP contribution in [0, 0.1) is 11.8 Å². The van der Waals surface area contributed by atoms with E-state index in [4.69, 9.17) is 4.74 Å². The second-order valence-corrected chi connectivity index (χ2v) is 5.93. The maximum absolute atomic E-state index is 11.8. The molecular formula is C17H34O2. The first-order valence-corrected chi connectivity index (χ1v) is 8.25. The van der Waals surface area contributed by atoms with Crippen LogP contribution in [0.15, 0.2) is 0 Å². The molecule has 2 nitrogen and oxygen atoms in total. The van der Waals surface area contributed by atoms with Crippen molar-refractivity contribution >= 4 is 5.97 Å². The van der Waals surface area contributed by atoms with Gasteiger partial charge in [0.2, 0.25) is 0 Å². The van der Waals surface area contributed by atoms with Gasteiger partial charge in [0.15, 0.2) is 0 Å². The fraction of sp³-hybridized carbons (Fsp3) is 0.941. The van der Waals surface area contributed by atoms with Crippen LogP contribution in [0.1, 0.15) is 86.0 Å². The normalized spacial score (nSPS) is 15.8. The van der Waals surface area contributed by atoms with E-state index in [1.54, 1.807) is 0 Å². The molecule has 0 spiro atoms. The predicted molar refractivity (Wildman–Crippen MR) is 82.2 cm³/mol. The van der Waals surface area contributed by atoms with Crippen LogP contribution in [0.4, 0.5) is 0 Å². The number of hydrogen-bond donors (Lipinski definition) is 0. The summed E-state index contributed by atoms with van der Waals surface area (Å²) in [6, 6.07) is 0. The van der Waals surface area contributed by atoms with Gasteiger partial charge in [0.1, 0.15) is 0 Å². The van der Waals surface area contributed by atoms with Gasteiger partial charge < -0.3 is 4.74 Å². The highest BCUT2D eigenvalue weighted by atomic mass is 16.5. The van der Waals surface area contributed by atoms with E-state index in [0.717, 1.165) is 25.2 Å². The summed E-state index contributed by atoms with van der Waals surface area (Å²) >= 11 is 0. The molecule has 0 saturated heterocycles. The third-order valence-corrected chi connectivity index (χ3v) is 3.97. The van der Waals surface area contributed by atoms with E-state index in [-0.39, 0.29) is 18.0 Å². The van der Waals surface area contributed by atoms with Gasteiger partial charge in [0.05, 0.1) is 12.0 Å². The van der Waals surface area contributed by atoms with Crippen LogP contribution in [0.25, 0.3) is 0 Å². The molecule has 0 heterocycles. The predicted octanol–water partition coefficient (Wildman–Crippen LogP) is 5.35. The largest absolute Gasteiger partial charge is 0.462 e. The zero-order valence-electron chi connectivity index (χ0n) is 13.7. The quantitative estimate of drug-likeness (QED) is 0.473. The summed E-state index contributed by atoms with van der Waals surface area (Å²) in [6.07, 6.45) is 9.39. The number of unbranched alkanes of at least 4 members (excludes halogenated alkanes) is 1. The van der Waals surface area contributed by atoms with Gasteiger partial charge in [-0.25, -0.2) is 0 Å². The average molecular weight is 270 g/mol. The van der Waals surface area contributed by atoms with Crippen molar-refractivity contribution in [2.24, 2.45) is 11.8 Å². The molecule has 0 aromatic carbocycles. The lowest BCUT2D eigenvalue weighted by molar-refractivity contribution is -0.153. The first-order valence-electron chi connectivity index (χ1n) is 8.25. The summed E-state index contributed by atoms with van der Waals surface area (Å²) in [6.45, 7) is 10.6. The first-order chi connectivity index (χ1) is 9.04. The molecule has 3 atom stereocenters. The molecule has 0 fully saturated rings. The Morgan fingerprint density at radius 2 is 1.63 bits per heavy atom. The lowest BCUT2D eigenvalue weighted by atomic mass is 9.93. The van der Waals surface area contributed by atoms with Crippen LogP contribution in [-0.2, 0) is 9.53 Å². The van der Waals surface area contributed by atoms with Crippen molar-refractivity contribution in [3.63, 3.8) is 0 Å². The van der Waals surface area contributed by atoms with E-state index in [0.29, 0.717) is 0 Å². The Morgan fingerprint density at radius 3 is 2.16 bits per heavy atom. The van der Waals surface area contributed by atoms with Crippen LogP contribution >= 0.6 is 0 Å². The molecule has 19 heavy (non-hydrogen) atoms. The molecule has 0 rings (SSSR count). The van der Waals surface area contributed by atoms with Crippen molar-refractivity contribution in [3.8, 4) is 0 Å². The molecule has 0 aliphatic carbocycles. The minimum atomic E-state index is -0.0176. The molecule has 0 bridgehead atoms. The van der Waals surface area contributed by atoms with Gasteiger partial charge in [-0.05, 0) is 32.1 Å². The Kier molecular flexibility index (Phi) is 11.0. The van der Waals surface area contributed by atoms with E-state index in [9.17, 15) is 4.79 Å². The van der Waals surface area contributed by atoms with E-state index in [1.165, 1.54) is 32.1 Å². The number of esters is 1. The van der Waals surface area contributed by atoms with Gasteiger partial charge in [0, 0.05) is 0 Å². The Balaban J connectivity index is 3.89. The molecule has 0 radical (unpaired) electrons. The van der Waals surface area contributed by atoms with Gasteiger partial charge in [-0.15, -0.1) is 0 Å². The van der Waals surface area contributed by atoms with Gasteiger partial charge in [-0.3, -0.25) is 4.79 Å². The number of hydrogen-bond acceptors (Lipinski definition) is 2. The van der Waals surface area contributed by atoms with Crippen molar-refractivity contribution < 1.29 is 9.53 Å². The first kappa shape index (κ1) is 18.5. The van der Waals surface area contributed by atoms with E-state index >= 15 is 0 Å². The number of carbonyl (C=O) groups excluding carboxylic acids is 1. The summed E-state index contributed by atoms with van der Waals surface area (Å²) in [5.74, 6) is 0.833. The van der Waals surface area contributed by atoms with Gasteiger partial charge in [0.25, 0.3) is 0 Å². The molecule has 0 aromatic heterocycles. The van der Waals surface area contributed by atoms with Crippen LogP contribution in [0.3, 0.4) is 0 Å². The number of ether oxygens (including phenoxy) is 1. The van der Waals surface area contributed by atoms with E-state index in [2.05, 4.69) is 20.8 Å². The lowest BCUT2D eigenvalue weighted by Gasteiger charge is -2.19. The molecule has 3 unspecified atom stereocenters. The second kappa shape index (κ2) is 11.3. The summed E-state index contributed by atoms with van der Waals surface area (Å²) in [5, 5.41) is 0. The van der Waals surface area contributed by atoms with Crippen molar-refractivity contribution in [1.29, 1.82) is 0 Å². The molecule has 0 aliphatic heterocycles. The monoisotopic (exact) mass is 270 g/mol. The Hall–Kier alpha value is -0.530. The van der Waals surface area contributed by atoms with Crippen LogP contribution < -0.4 is 0 Å². The standard InChI is InChI=1S/C17H34O2/c1-6-9-11-16(8-3)13-12-15(5)19-17(18)14(4)10-7-2/h14-16H,6-13H2,1-5H3. The van der Waals surface area contributed by atoms with Gasteiger partial charge >= 0.3 is 5.97 Å². The molecular weight excluding hydrogens is 236 g/mol. The molecule has 0 aliphatic rings. The molecule has 114 valence electrons. The van der Waals surface area contributed by atoms with Crippen molar-refractivity contribution in [2.45, 2.75) is 92.1 Å². The van der Waals surface area contributed by atoms with Gasteiger partial charge in [-0.2, -0.15) is 0 Å². The summed E-state index contributed by atoms with van der Waals surface area (Å²) in [7, 11) is 0. The van der Waals surface area contributed by atoms with E-state index in [1.807, 2.05) is 13.8 Å². The lowest BCUT2D eigenvalue weighted by Crippen LogP contribution is -2.21. The van der Waals surface area contributed by atoms with Crippen LogP contribution in [0.5, 0.6) is 0 Å². The van der Waals surface area contributed by atoms with Crippen molar-refractivity contribution in [3.05, 3.63) is 0 Å². The highest BCUT2D eigenvalue weighted by molar-refractivity contribution is 5.72. The minimum absolute atomic E-state index is 0.0176. The summed E-state index contributed by atoms with van der Waals surface area (Å²) in [4.78, 5) is 11.8. The van der Waals surface area contributed by atoms with Crippen molar-refractivity contribution in [2.75, 3.05) is 0 Å². The highest BCUT2D eigenvalue weighted by Gasteiger charge is 2.17. The summed E-state index contributed by atoms with van der Waals surface area (Å²) in [5.41, 5.74) is 0. The molecule has 0 aromatic rings. The summed E-state index contributed by atoms with van der Waals surface area (Å²) < 4.78 is 5.53. The topological polar surface area (TPSA) is 26.3 Å². The third-order valence-electron chi connectivity index (χ3n) is 3.97. The third kappa shape index (κ3) is 9.07. The SMILES string of the molecule is CCCCC(CC)CCC(C)OC(=O)C(C)CCC. The molecule has 2 heteroatoms. The Bertz CT molecular complexity index is 225. The molecule has 0 amide bonds.